The minimum atomic E-state index is -4.51. The molecule has 1 aromatic carbocycles. The van der Waals surface area contributed by atoms with Gasteiger partial charge in [0, 0.05) is 18.8 Å². The SMILES string of the molecule is CC(C)(C)OC(=O)NCCNc1ccc(Cl)c(C(F)(F)F)c1. The van der Waals surface area contributed by atoms with E-state index in [4.69, 9.17) is 16.3 Å². The fraction of sp³-hybridized carbons (Fsp3) is 0.500. The molecule has 0 saturated carbocycles. The molecule has 0 spiro atoms. The first-order chi connectivity index (χ1) is 9.99. The maximum atomic E-state index is 12.7. The van der Waals surface area contributed by atoms with E-state index >= 15 is 0 Å². The summed E-state index contributed by atoms with van der Waals surface area (Å²) in [6, 6.07) is 3.54. The molecule has 4 nitrogen and oxygen atoms in total. The largest absolute Gasteiger partial charge is 0.444 e. The van der Waals surface area contributed by atoms with Crippen LogP contribution in [0.5, 0.6) is 0 Å². The van der Waals surface area contributed by atoms with E-state index in [2.05, 4.69) is 10.6 Å². The van der Waals surface area contributed by atoms with Gasteiger partial charge in [-0.05, 0) is 39.0 Å². The summed E-state index contributed by atoms with van der Waals surface area (Å²) in [6.07, 6.45) is -5.09. The third kappa shape index (κ3) is 6.43. The number of nitrogens with one attached hydrogen (secondary N) is 2. The number of hydrogen-bond acceptors (Lipinski definition) is 3. The minimum Gasteiger partial charge on any atom is -0.444 e. The lowest BCUT2D eigenvalue weighted by atomic mass is 10.2. The summed E-state index contributed by atoms with van der Waals surface area (Å²) in [6.45, 7) is 5.66. The quantitative estimate of drug-likeness (QED) is 0.805. The molecule has 0 fully saturated rings. The molecule has 0 aromatic heterocycles. The van der Waals surface area contributed by atoms with E-state index in [-0.39, 0.29) is 23.8 Å². The molecule has 0 aliphatic heterocycles. The summed E-state index contributed by atoms with van der Waals surface area (Å²) < 4.78 is 43.1. The van der Waals surface area contributed by atoms with E-state index in [0.717, 1.165) is 6.07 Å². The predicted molar refractivity (Wildman–Crippen MR) is 79.2 cm³/mol. The van der Waals surface area contributed by atoms with Crippen LogP contribution in [0.25, 0.3) is 0 Å². The second-order valence-electron chi connectivity index (χ2n) is 5.55. The molecule has 22 heavy (non-hydrogen) atoms. The zero-order valence-electron chi connectivity index (χ0n) is 12.5. The highest BCUT2D eigenvalue weighted by Crippen LogP contribution is 2.36. The smallest absolute Gasteiger partial charge is 0.417 e. The topological polar surface area (TPSA) is 50.4 Å². The standard InChI is InChI=1S/C14H18ClF3N2O2/c1-13(2,3)22-12(21)20-7-6-19-9-4-5-11(15)10(8-9)14(16,17)18/h4-5,8,19H,6-7H2,1-3H3,(H,20,21). The Labute approximate surface area is 132 Å². The van der Waals surface area contributed by atoms with Crippen molar-refractivity contribution in [1.29, 1.82) is 0 Å². The van der Waals surface area contributed by atoms with Crippen molar-refractivity contribution in [2.24, 2.45) is 0 Å². The highest BCUT2D eigenvalue weighted by atomic mass is 35.5. The van der Waals surface area contributed by atoms with Gasteiger partial charge in [0.25, 0.3) is 0 Å². The summed E-state index contributed by atoms with van der Waals surface area (Å²) in [4.78, 5) is 11.4. The van der Waals surface area contributed by atoms with Crippen molar-refractivity contribution in [3.63, 3.8) is 0 Å². The Morgan fingerprint density at radius 3 is 2.41 bits per heavy atom. The normalized spacial score (nSPS) is 12.0. The maximum Gasteiger partial charge on any atom is 0.417 e. The number of carbonyl (C=O) groups is 1. The van der Waals surface area contributed by atoms with Gasteiger partial charge in [-0.15, -0.1) is 0 Å². The van der Waals surface area contributed by atoms with Gasteiger partial charge in [0.05, 0.1) is 10.6 Å². The molecule has 0 atom stereocenters. The number of carbonyl (C=O) groups excluding carboxylic acids is 1. The van der Waals surface area contributed by atoms with Crippen LogP contribution in [0.1, 0.15) is 26.3 Å². The Bertz CT molecular complexity index is 528. The fourth-order valence-electron chi connectivity index (χ4n) is 1.54. The lowest BCUT2D eigenvalue weighted by Crippen LogP contribution is -2.35. The molecule has 1 rings (SSSR count). The van der Waals surface area contributed by atoms with Gasteiger partial charge >= 0.3 is 12.3 Å². The molecule has 0 radical (unpaired) electrons. The molecule has 1 amide bonds. The molecule has 8 heteroatoms. The number of ether oxygens (including phenoxy) is 1. The Balaban J connectivity index is 2.48. The molecule has 0 unspecified atom stereocenters. The number of alkyl carbamates (subject to hydrolysis) is 1. The first-order valence-corrected chi connectivity index (χ1v) is 6.94. The van der Waals surface area contributed by atoms with Gasteiger partial charge in [0.15, 0.2) is 0 Å². The lowest BCUT2D eigenvalue weighted by molar-refractivity contribution is -0.137. The van der Waals surface area contributed by atoms with E-state index in [1.807, 2.05) is 0 Å². The van der Waals surface area contributed by atoms with Gasteiger partial charge in [0.2, 0.25) is 0 Å². The van der Waals surface area contributed by atoms with Gasteiger partial charge in [-0.3, -0.25) is 0 Å². The third-order valence-corrected chi connectivity index (χ3v) is 2.72. The molecule has 0 aliphatic carbocycles. The van der Waals surface area contributed by atoms with Gasteiger partial charge < -0.3 is 15.4 Å². The van der Waals surface area contributed by atoms with Crippen LogP contribution in [-0.4, -0.2) is 24.8 Å². The second-order valence-corrected chi connectivity index (χ2v) is 5.96. The van der Waals surface area contributed by atoms with Crippen molar-refractivity contribution in [3.05, 3.63) is 28.8 Å². The van der Waals surface area contributed by atoms with Crippen LogP contribution in [0.4, 0.5) is 23.7 Å². The van der Waals surface area contributed by atoms with Crippen LogP contribution in [0.2, 0.25) is 5.02 Å². The van der Waals surface area contributed by atoms with Gasteiger partial charge in [0.1, 0.15) is 5.60 Å². The number of hydrogen-bond donors (Lipinski definition) is 2. The van der Waals surface area contributed by atoms with Crippen LogP contribution in [0.15, 0.2) is 18.2 Å². The highest BCUT2D eigenvalue weighted by Gasteiger charge is 2.33. The number of anilines is 1. The number of alkyl halides is 3. The average molecular weight is 339 g/mol. The Hall–Kier alpha value is -1.63. The summed E-state index contributed by atoms with van der Waals surface area (Å²) in [5, 5.41) is 4.91. The minimum absolute atomic E-state index is 0.207. The molecule has 124 valence electrons. The summed E-state index contributed by atoms with van der Waals surface area (Å²) in [7, 11) is 0. The third-order valence-electron chi connectivity index (χ3n) is 2.39. The van der Waals surface area contributed by atoms with E-state index < -0.39 is 23.4 Å². The van der Waals surface area contributed by atoms with Crippen molar-refractivity contribution in [3.8, 4) is 0 Å². The second kappa shape index (κ2) is 7.09. The van der Waals surface area contributed by atoms with Crippen LogP contribution in [0, 0.1) is 0 Å². The predicted octanol–water partition coefficient (Wildman–Crippen LogP) is 4.30. The van der Waals surface area contributed by atoms with Crippen molar-refractivity contribution in [2.75, 3.05) is 18.4 Å². The first kappa shape index (κ1) is 18.4. The van der Waals surface area contributed by atoms with Crippen molar-refractivity contribution >= 4 is 23.4 Å². The van der Waals surface area contributed by atoms with E-state index in [9.17, 15) is 18.0 Å². The van der Waals surface area contributed by atoms with Gasteiger partial charge in [-0.1, -0.05) is 11.6 Å². The number of rotatable bonds is 4. The maximum absolute atomic E-state index is 12.7. The summed E-state index contributed by atoms with van der Waals surface area (Å²) >= 11 is 5.52. The Morgan fingerprint density at radius 2 is 1.86 bits per heavy atom. The molecule has 0 saturated heterocycles. The molecular weight excluding hydrogens is 321 g/mol. The molecule has 0 aliphatic rings. The molecular formula is C14H18ClF3N2O2. The van der Waals surface area contributed by atoms with Crippen LogP contribution in [-0.2, 0) is 10.9 Å². The average Bonchev–Trinajstić information content (AvgIpc) is 2.33. The van der Waals surface area contributed by atoms with Crippen molar-refractivity contribution in [2.45, 2.75) is 32.5 Å². The zero-order chi connectivity index (χ0) is 17.0. The Morgan fingerprint density at radius 1 is 1.23 bits per heavy atom. The number of benzene rings is 1. The first-order valence-electron chi connectivity index (χ1n) is 6.56. The zero-order valence-corrected chi connectivity index (χ0v) is 13.2. The van der Waals surface area contributed by atoms with Crippen LogP contribution in [0.3, 0.4) is 0 Å². The molecule has 2 N–H and O–H groups in total. The van der Waals surface area contributed by atoms with Crippen molar-refractivity contribution < 1.29 is 22.7 Å². The summed E-state index contributed by atoms with van der Waals surface area (Å²) in [5.41, 5.74) is -1.24. The number of amides is 1. The summed E-state index contributed by atoms with van der Waals surface area (Å²) in [5.74, 6) is 0. The van der Waals surface area contributed by atoms with Crippen molar-refractivity contribution in [1.82, 2.24) is 5.32 Å². The van der Waals surface area contributed by atoms with Crippen LogP contribution < -0.4 is 10.6 Å². The van der Waals surface area contributed by atoms with E-state index in [1.54, 1.807) is 20.8 Å². The van der Waals surface area contributed by atoms with E-state index in [0.29, 0.717) is 0 Å². The molecule has 0 bridgehead atoms. The van der Waals surface area contributed by atoms with Gasteiger partial charge in [-0.2, -0.15) is 13.2 Å². The Kier molecular flexibility index (Phi) is 5.93. The highest BCUT2D eigenvalue weighted by molar-refractivity contribution is 6.31. The lowest BCUT2D eigenvalue weighted by Gasteiger charge is -2.19. The molecule has 0 heterocycles. The monoisotopic (exact) mass is 338 g/mol. The van der Waals surface area contributed by atoms with Crippen LogP contribution >= 0.6 is 11.6 Å². The number of halogens is 4. The fourth-order valence-corrected chi connectivity index (χ4v) is 1.76. The molecule has 1 aromatic rings. The van der Waals surface area contributed by atoms with E-state index in [1.165, 1.54) is 12.1 Å². The van der Waals surface area contributed by atoms with Gasteiger partial charge in [-0.25, -0.2) is 4.79 Å².